The van der Waals surface area contributed by atoms with Crippen molar-refractivity contribution >= 4 is 16.9 Å². The highest BCUT2D eigenvalue weighted by molar-refractivity contribution is 5.97. The van der Waals surface area contributed by atoms with Crippen LogP contribution in [0.3, 0.4) is 0 Å². The highest BCUT2D eigenvalue weighted by Gasteiger charge is 2.19. The van der Waals surface area contributed by atoms with E-state index in [1.165, 1.54) is 32.4 Å². The molecule has 0 radical (unpaired) electrons. The summed E-state index contributed by atoms with van der Waals surface area (Å²) in [4.78, 5) is 23.2. The van der Waals surface area contributed by atoms with Gasteiger partial charge in [0, 0.05) is 31.6 Å². The predicted octanol–water partition coefficient (Wildman–Crippen LogP) is 6.40. The molecular formula is C29H48N4O. The number of imidazole rings is 1. The Hall–Kier alpha value is -1.88. The molecule has 0 unspecified atom stereocenters. The van der Waals surface area contributed by atoms with Gasteiger partial charge in [0.25, 0.3) is 5.91 Å². The van der Waals surface area contributed by atoms with E-state index in [2.05, 4.69) is 61.1 Å². The Morgan fingerprint density at radius 1 is 1.00 bits per heavy atom. The Labute approximate surface area is 207 Å². The van der Waals surface area contributed by atoms with Gasteiger partial charge in [-0.15, -0.1) is 0 Å². The van der Waals surface area contributed by atoms with Crippen molar-refractivity contribution in [3.05, 3.63) is 29.6 Å². The molecule has 1 saturated heterocycles. The fourth-order valence-corrected chi connectivity index (χ4v) is 4.93. The van der Waals surface area contributed by atoms with Crippen LogP contribution in [0.4, 0.5) is 0 Å². The highest BCUT2D eigenvalue weighted by Crippen LogP contribution is 2.22. The van der Waals surface area contributed by atoms with Crippen LogP contribution in [0.25, 0.3) is 11.0 Å². The maximum Gasteiger partial charge on any atom is 0.253 e. The lowest BCUT2D eigenvalue weighted by Crippen LogP contribution is -2.34. The molecule has 1 aliphatic rings. The summed E-state index contributed by atoms with van der Waals surface area (Å²) in [6, 6.07) is 6.16. The fourth-order valence-electron chi connectivity index (χ4n) is 4.93. The van der Waals surface area contributed by atoms with Gasteiger partial charge in [0.05, 0.1) is 11.0 Å². The number of hydrogen-bond donors (Lipinski definition) is 0. The van der Waals surface area contributed by atoms with Crippen LogP contribution in [-0.2, 0) is 13.0 Å². The molecule has 0 aliphatic carbocycles. The minimum atomic E-state index is 0.168. The van der Waals surface area contributed by atoms with E-state index in [-0.39, 0.29) is 5.91 Å². The van der Waals surface area contributed by atoms with Crippen molar-refractivity contribution in [1.82, 2.24) is 19.4 Å². The van der Waals surface area contributed by atoms with Crippen molar-refractivity contribution in [2.24, 2.45) is 11.8 Å². The second-order valence-corrected chi connectivity index (χ2v) is 11.0. The lowest BCUT2D eigenvalue weighted by atomic mass is 10.1. The maximum absolute atomic E-state index is 13.6. The molecule has 0 saturated carbocycles. The summed E-state index contributed by atoms with van der Waals surface area (Å²) in [7, 11) is 0. The van der Waals surface area contributed by atoms with Crippen LogP contribution < -0.4 is 0 Å². The molecule has 1 aromatic heterocycles. The molecule has 1 aliphatic heterocycles. The van der Waals surface area contributed by atoms with Crippen LogP contribution in [0.2, 0.25) is 0 Å². The average Bonchev–Trinajstić information content (AvgIpc) is 3.15. The largest absolute Gasteiger partial charge is 0.339 e. The van der Waals surface area contributed by atoms with Crippen LogP contribution >= 0.6 is 0 Å². The normalized spacial score (nSPS) is 15.0. The fraction of sp³-hybridized carbons (Fsp3) is 0.724. The van der Waals surface area contributed by atoms with E-state index in [0.29, 0.717) is 11.8 Å². The minimum absolute atomic E-state index is 0.168. The first-order valence-corrected chi connectivity index (χ1v) is 13.9. The Morgan fingerprint density at radius 3 is 2.29 bits per heavy atom. The van der Waals surface area contributed by atoms with E-state index in [4.69, 9.17) is 4.98 Å². The van der Waals surface area contributed by atoms with E-state index < -0.39 is 0 Å². The van der Waals surface area contributed by atoms with Gasteiger partial charge in [-0.05, 0) is 88.2 Å². The number of aryl methyl sites for hydroxylation is 2. The summed E-state index contributed by atoms with van der Waals surface area (Å²) in [5.74, 6) is 2.52. The molecular weight excluding hydrogens is 420 g/mol. The van der Waals surface area contributed by atoms with E-state index in [1.807, 2.05) is 6.07 Å². The van der Waals surface area contributed by atoms with Crippen LogP contribution in [0.1, 0.15) is 95.7 Å². The summed E-state index contributed by atoms with van der Waals surface area (Å²) in [6.07, 6.45) is 9.34. The van der Waals surface area contributed by atoms with Gasteiger partial charge in [-0.25, -0.2) is 4.98 Å². The zero-order valence-electron chi connectivity index (χ0n) is 22.5. The Bertz CT molecular complexity index is 883. The third-order valence-corrected chi connectivity index (χ3v) is 7.09. The van der Waals surface area contributed by atoms with Crippen LogP contribution in [0.5, 0.6) is 0 Å². The van der Waals surface area contributed by atoms with Gasteiger partial charge in [0.1, 0.15) is 5.82 Å². The number of hydrogen-bond acceptors (Lipinski definition) is 3. The van der Waals surface area contributed by atoms with Gasteiger partial charge in [0.2, 0.25) is 0 Å². The number of amides is 1. The van der Waals surface area contributed by atoms with E-state index in [0.717, 1.165) is 80.7 Å². The second-order valence-electron chi connectivity index (χ2n) is 11.0. The Balaban J connectivity index is 1.80. The molecule has 190 valence electrons. The number of carbonyl (C=O) groups excluding carboxylic acids is 1. The lowest BCUT2D eigenvalue weighted by Gasteiger charge is -2.26. The van der Waals surface area contributed by atoms with E-state index >= 15 is 0 Å². The molecule has 0 N–H and O–H groups in total. The third kappa shape index (κ3) is 7.56. The summed E-state index contributed by atoms with van der Waals surface area (Å²) >= 11 is 0. The zero-order valence-corrected chi connectivity index (χ0v) is 22.5. The summed E-state index contributed by atoms with van der Waals surface area (Å²) in [5, 5.41) is 0. The molecule has 1 aromatic carbocycles. The minimum Gasteiger partial charge on any atom is -0.339 e. The number of likely N-dealkylation sites (tertiary alicyclic amines) is 1. The number of carbonyl (C=O) groups is 1. The molecule has 34 heavy (non-hydrogen) atoms. The SMILES string of the molecule is CCCc1nc2ccc(C(=O)N(CCC(C)C)CCC(C)C)cc2n1CCCN1CCCCC1. The number of rotatable bonds is 13. The molecule has 1 amide bonds. The summed E-state index contributed by atoms with van der Waals surface area (Å²) < 4.78 is 2.39. The number of fused-ring (bicyclic) bond motifs is 1. The van der Waals surface area contributed by atoms with Gasteiger partial charge < -0.3 is 14.4 Å². The molecule has 1 fully saturated rings. The van der Waals surface area contributed by atoms with Gasteiger partial charge >= 0.3 is 0 Å². The first-order valence-electron chi connectivity index (χ1n) is 13.9. The quantitative estimate of drug-likeness (QED) is 0.341. The van der Waals surface area contributed by atoms with Gasteiger partial charge in [-0.3, -0.25) is 4.79 Å². The molecule has 0 bridgehead atoms. The first kappa shape index (κ1) is 26.7. The van der Waals surface area contributed by atoms with Crippen molar-refractivity contribution in [3.8, 4) is 0 Å². The molecule has 3 rings (SSSR count). The Kier molecular flexibility index (Phi) is 10.4. The monoisotopic (exact) mass is 468 g/mol. The number of piperidine rings is 1. The van der Waals surface area contributed by atoms with Crippen molar-refractivity contribution in [2.75, 3.05) is 32.7 Å². The number of aromatic nitrogens is 2. The molecule has 0 spiro atoms. The lowest BCUT2D eigenvalue weighted by molar-refractivity contribution is 0.0741. The third-order valence-electron chi connectivity index (χ3n) is 7.09. The summed E-state index contributed by atoms with van der Waals surface area (Å²) in [5.41, 5.74) is 2.95. The highest BCUT2D eigenvalue weighted by atomic mass is 16.2. The van der Waals surface area contributed by atoms with Crippen molar-refractivity contribution in [2.45, 2.75) is 92.5 Å². The van der Waals surface area contributed by atoms with Crippen LogP contribution in [-0.4, -0.2) is 58.0 Å². The summed E-state index contributed by atoms with van der Waals surface area (Å²) in [6.45, 7) is 17.4. The second kappa shape index (κ2) is 13.3. The molecule has 2 aromatic rings. The van der Waals surface area contributed by atoms with Crippen molar-refractivity contribution in [1.29, 1.82) is 0 Å². The molecule has 5 nitrogen and oxygen atoms in total. The van der Waals surface area contributed by atoms with Crippen LogP contribution in [0.15, 0.2) is 18.2 Å². The smallest absolute Gasteiger partial charge is 0.253 e. The van der Waals surface area contributed by atoms with Gasteiger partial charge in [-0.1, -0.05) is 41.0 Å². The van der Waals surface area contributed by atoms with Gasteiger partial charge in [-0.2, -0.15) is 0 Å². The van der Waals surface area contributed by atoms with Crippen molar-refractivity contribution < 1.29 is 4.79 Å². The predicted molar refractivity (Wildman–Crippen MR) is 143 cm³/mol. The van der Waals surface area contributed by atoms with Crippen LogP contribution in [0, 0.1) is 11.8 Å². The van der Waals surface area contributed by atoms with E-state index in [9.17, 15) is 4.79 Å². The number of benzene rings is 1. The maximum atomic E-state index is 13.6. The Morgan fingerprint density at radius 2 is 1.68 bits per heavy atom. The molecule has 5 heteroatoms. The van der Waals surface area contributed by atoms with Gasteiger partial charge in [0.15, 0.2) is 0 Å². The van der Waals surface area contributed by atoms with Crippen molar-refractivity contribution in [3.63, 3.8) is 0 Å². The number of nitrogens with zero attached hydrogens (tertiary/aromatic N) is 4. The first-order chi connectivity index (χ1) is 16.4. The molecule has 0 atom stereocenters. The standard InChI is InChI=1S/C29H48N4O/c1-6-11-28-30-26-13-12-25(29(34)32(20-14-23(2)3)21-15-24(4)5)22-27(26)33(28)19-10-18-31-16-8-7-9-17-31/h12-13,22-24H,6-11,14-21H2,1-5H3. The topological polar surface area (TPSA) is 41.4 Å². The average molecular weight is 469 g/mol. The molecule has 2 heterocycles. The zero-order chi connectivity index (χ0) is 24.5. The van der Waals surface area contributed by atoms with E-state index in [1.54, 1.807) is 0 Å².